The van der Waals surface area contributed by atoms with Gasteiger partial charge >= 0.3 is 5.97 Å². The number of pyridine rings is 1. The molecule has 226 valence electrons. The van der Waals surface area contributed by atoms with E-state index >= 15 is 0 Å². The number of hydrogen-bond acceptors (Lipinski definition) is 8. The third-order valence-electron chi connectivity index (χ3n) is 9.11. The van der Waals surface area contributed by atoms with Crippen LogP contribution < -0.4 is 0 Å². The molecule has 2 atom stereocenters. The summed E-state index contributed by atoms with van der Waals surface area (Å²) in [5.74, 6) is -0.482. The quantitative estimate of drug-likeness (QED) is 0.125. The van der Waals surface area contributed by atoms with Gasteiger partial charge in [-0.3, -0.25) is 8.86 Å². The molecule has 2 aromatic rings. The molecular formula is C30H42ClN3O6S. The highest BCUT2D eigenvalue weighted by molar-refractivity contribution is 7.85. The minimum Gasteiger partial charge on any atom is -0.461 e. The second kappa shape index (κ2) is 10.9. The van der Waals surface area contributed by atoms with Gasteiger partial charge in [0.05, 0.1) is 37.9 Å². The monoisotopic (exact) mass is 607 g/mol. The van der Waals surface area contributed by atoms with E-state index < -0.39 is 16.1 Å². The van der Waals surface area contributed by atoms with Gasteiger partial charge in [-0.1, -0.05) is 38.8 Å². The van der Waals surface area contributed by atoms with Crippen molar-refractivity contribution in [1.29, 1.82) is 0 Å². The third kappa shape index (κ3) is 6.50. The molecule has 4 aliphatic carbocycles. The van der Waals surface area contributed by atoms with Gasteiger partial charge in [-0.05, 0) is 80.2 Å². The summed E-state index contributed by atoms with van der Waals surface area (Å²) in [6.07, 6.45) is 10.8. The van der Waals surface area contributed by atoms with E-state index in [9.17, 15) is 13.2 Å². The largest absolute Gasteiger partial charge is 0.461 e. The number of carbonyl (C=O) groups excluding carboxylic acids is 1. The Morgan fingerprint density at radius 2 is 1.73 bits per heavy atom. The maximum absolute atomic E-state index is 12.9. The zero-order chi connectivity index (χ0) is 29.7. The van der Waals surface area contributed by atoms with Crippen LogP contribution in [-0.2, 0) is 30.3 Å². The number of nitrogens with zero attached hydrogens (tertiary/aromatic N) is 3. The third-order valence-corrected chi connectivity index (χ3v) is 9.91. The van der Waals surface area contributed by atoms with Gasteiger partial charge in [0.2, 0.25) is 0 Å². The van der Waals surface area contributed by atoms with E-state index in [4.69, 9.17) is 30.4 Å². The zero-order valence-corrected chi connectivity index (χ0v) is 26.4. The molecule has 4 saturated carbocycles. The fourth-order valence-electron chi connectivity index (χ4n) is 8.97. The van der Waals surface area contributed by atoms with E-state index in [1.54, 1.807) is 6.07 Å². The predicted octanol–water partition coefficient (Wildman–Crippen LogP) is 5.98. The first-order valence-corrected chi connectivity index (χ1v) is 16.7. The van der Waals surface area contributed by atoms with E-state index in [1.165, 1.54) is 0 Å². The number of halogens is 1. The molecule has 4 bridgehead atoms. The summed E-state index contributed by atoms with van der Waals surface area (Å²) in [5.41, 5.74) is 2.62. The average molecular weight is 608 g/mol. The van der Waals surface area contributed by atoms with Crippen molar-refractivity contribution in [2.75, 3.05) is 26.1 Å². The number of rotatable bonds is 12. The Labute approximate surface area is 248 Å². The Morgan fingerprint density at radius 3 is 2.39 bits per heavy atom. The lowest BCUT2D eigenvalue weighted by molar-refractivity contribution is -0.249. The molecule has 2 heterocycles. The van der Waals surface area contributed by atoms with Crippen LogP contribution in [0.1, 0.15) is 88.3 Å². The highest BCUT2D eigenvalue weighted by atomic mass is 35.5. The van der Waals surface area contributed by atoms with Crippen molar-refractivity contribution >= 4 is 27.7 Å². The summed E-state index contributed by atoms with van der Waals surface area (Å²) in [7, 11) is -3.50. The highest BCUT2D eigenvalue weighted by Crippen LogP contribution is 2.72. The lowest BCUT2D eigenvalue weighted by Gasteiger charge is -2.69. The van der Waals surface area contributed by atoms with Crippen molar-refractivity contribution in [2.45, 2.75) is 91.2 Å². The maximum atomic E-state index is 12.9. The number of esters is 1. The van der Waals surface area contributed by atoms with Crippen LogP contribution in [0.3, 0.4) is 0 Å². The van der Waals surface area contributed by atoms with Crippen LogP contribution in [0.15, 0.2) is 18.3 Å². The molecule has 11 heteroatoms. The number of hydrogen-bond donors (Lipinski definition) is 0. The summed E-state index contributed by atoms with van der Waals surface area (Å²) >= 11 is 6.18. The summed E-state index contributed by atoms with van der Waals surface area (Å²) in [4.78, 5) is 17.3. The number of carbonyl (C=O) groups is 1. The second-order valence-corrected chi connectivity index (χ2v) is 15.6. The fourth-order valence-corrected chi connectivity index (χ4v) is 9.49. The van der Waals surface area contributed by atoms with E-state index in [0.29, 0.717) is 12.2 Å². The van der Waals surface area contributed by atoms with E-state index in [-0.39, 0.29) is 45.9 Å². The lowest BCUT2D eigenvalue weighted by atomic mass is 9.39. The van der Waals surface area contributed by atoms with Crippen LogP contribution >= 0.6 is 11.6 Å². The van der Waals surface area contributed by atoms with E-state index in [0.717, 1.165) is 75.4 Å². The average Bonchev–Trinajstić information content (AvgIpc) is 3.18. The Morgan fingerprint density at radius 1 is 1.02 bits per heavy atom. The molecule has 2 aromatic heterocycles. The molecule has 0 amide bonds. The summed E-state index contributed by atoms with van der Waals surface area (Å²) in [6, 6.07) is 3.50. The molecule has 0 aliphatic heterocycles. The van der Waals surface area contributed by atoms with Gasteiger partial charge in [0.25, 0.3) is 10.1 Å². The van der Waals surface area contributed by atoms with Crippen molar-refractivity contribution in [2.24, 2.45) is 16.2 Å². The van der Waals surface area contributed by atoms with Crippen LogP contribution in [0.5, 0.6) is 0 Å². The topological polar surface area (TPSA) is 110 Å². The van der Waals surface area contributed by atoms with Crippen molar-refractivity contribution < 1.29 is 26.9 Å². The standard InChI is InChI=1S/C30H42ClN3O6S/c1-6-7-10-38-26(35)25-22(8-9-24(31)33-25)23-13-32-34(21(23)2)20-29-15-27(3)14-28(4,16-29)18-30(17-27,19-29)39-11-12-40-41(5,36)37/h8-9,13H,6-7,10-12,14-20H2,1-5H3. The van der Waals surface area contributed by atoms with Crippen LogP contribution in [0.2, 0.25) is 5.15 Å². The maximum Gasteiger partial charge on any atom is 0.357 e. The second-order valence-electron chi connectivity index (χ2n) is 13.6. The van der Waals surface area contributed by atoms with Crippen LogP contribution in [0, 0.1) is 23.2 Å². The summed E-state index contributed by atoms with van der Waals surface area (Å²) in [6.45, 7) is 10.2. The first-order chi connectivity index (χ1) is 19.2. The molecule has 0 radical (unpaired) electrons. The van der Waals surface area contributed by atoms with Gasteiger partial charge in [-0.15, -0.1) is 0 Å². The Balaban J connectivity index is 1.40. The SMILES string of the molecule is CCCCOC(=O)c1nc(Cl)ccc1-c1cnn(CC23CC4(C)CC(C)(C2)CC(OCCOS(C)(=O)=O)(C4)C3)c1C. The van der Waals surface area contributed by atoms with Crippen LogP contribution in [-0.4, -0.2) is 60.8 Å². The van der Waals surface area contributed by atoms with Gasteiger partial charge in [0.15, 0.2) is 5.69 Å². The predicted molar refractivity (Wildman–Crippen MR) is 156 cm³/mol. The summed E-state index contributed by atoms with van der Waals surface area (Å²) in [5, 5.41) is 5.05. The van der Waals surface area contributed by atoms with Gasteiger partial charge in [0, 0.05) is 23.4 Å². The number of aromatic nitrogens is 3. The molecule has 0 spiro atoms. The molecule has 4 aliphatic rings. The molecule has 41 heavy (non-hydrogen) atoms. The first-order valence-electron chi connectivity index (χ1n) is 14.5. The molecule has 9 nitrogen and oxygen atoms in total. The van der Waals surface area contributed by atoms with Crippen LogP contribution in [0.25, 0.3) is 11.1 Å². The molecule has 4 fully saturated rings. The Hall–Kier alpha value is -2.01. The van der Waals surface area contributed by atoms with Crippen molar-refractivity contribution in [1.82, 2.24) is 14.8 Å². The smallest absolute Gasteiger partial charge is 0.357 e. The van der Waals surface area contributed by atoms with Gasteiger partial charge in [-0.25, -0.2) is 9.78 Å². The Kier molecular flexibility index (Phi) is 8.11. The van der Waals surface area contributed by atoms with E-state index in [1.807, 2.05) is 26.1 Å². The molecule has 6 rings (SSSR count). The fraction of sp³-hybridized carbons (Fsp3) is 0.700. The van der Waals surface area contributed by atoms with Crippen molar-refractivity contribution in [3.63, 3.8) is 0 Å². The van der Waals surface area contributed by atoms with Gasteiger partial charge in [0.1, 0.15) is 5.15 Å². The number of ether oxygens (including phenoxy) is 2. The molecule has 0 N–H and O–H groups in total. The van der Waals surface area contributed by atoms with Gasteiger partial charge in [-0.2, -0.15) is 13.5 Å². The lowest BCUT2D eigenvalue weighted by Crippen LogP contribution is -2.64. The van der Waals surface area contributed by atoms with Crippen molar-refractivity contribution in [3.05, 3.63) is 34.9 Å². The molecule has 0 saturated heterocycles. The first kappa shape index (κ1) is 30.4. The molecule has 0 aromatic carbocycles. The molecular weight excluding hydrogens is 566 g/mol. The van der Waals surface area contributed by atoms with Crippen LogP contribution in [0.4, 0.5) is 0 Å². The van der Waals surface area contributed by atoms with Gasteiger partial charge < -0.3 is 9.47 Å². The minimum atomic E-state index is -3.50. The zero-order valence-electron chi connectivity index (χ0n) is 24.8. The highest BCUT2D eigenvalue weighted by Gasteiger charge is 2.66. The normalized spacial score (nSPS) is 30.6. The van der Waals surface area contributed by atoms with Crippen molar-refractivity contribution in [3.8, 4) is 11.1 Å². The Bertz CT molecular complexity index is 1410. The number of unbranched alkanes of at least 4 members (excludes halogenated alkanes) is 1. The summed E-state index contributed by atoms with van der Waals surface area (Å²) < 4.78 is 42.0. The van der Waals surface area contributed by atoms with E-state index in [2.05, 4.69) is 23.5 Å². The minimum absolute atomic E-state index is 0.00977. The molecule has 2 unspecified atom stereocenters.